The Hall–Kier alpha value is -4.56. The molecule has 0 spiro atoms. The molecule has 0 bridgehead atoms. The van der Waals surface area contributed by atoms with E-state index >= 15 is 8.78 Å². The van der Waals surface area contributed by atoms with Gasteiger partial charge in [0.05, 0.1) is 30.9 Å². The number of rotatable bonds is 10. The van der Waals surface area contributed by atoms with Crippen LogP contribution in [0, 0.1) is 18.6 Å². The van der Waals surface area contributed by atoms with Gasteiger partial charge in [-0.25, -0.2) is 8.78 Å². The number of aromatic nitrogens is 1. The van der Waals surface area contributed by atoms with Crippen LogP contribution in [0.2, 0.25) is 0 Å². The Morgan fingerprint density at radius 2 is 1.75 bits per heavy atom. The second kappa shape index (κ2) is 13.9. The summed E-state index contributed by atoms with van der Waals surface area (Å²) in [5.74, 6) is -4.10. The maximum absolute atomic E-state index is 15.0. The number of halogens is 8. The monoisotopic (exact) mass is 687 g/mol. The number of pyridine rings is 1. The summed E-state index contributed by atoms with van der Waals surface area (Å²) in [7, 11) is 2.59. The van der Waals surface area contributed by atoms with Gasteiger partial charge in [0.15, 0.2) is 0 Å². The van der Waals surface area contributed by atoms with Crippen LogP contribution in [0.1, 0.15) is 52.5 Å². The quantitative estimate of drug-likeness (QED) is 0.174. The van der Waals surface area contributed by atoms with E-state index in [9.17, 15) is 35.9 Å². The Morgan fingerprint density at radius 3 is 2.31 bits per heavy atom. The number of nitrogens with zero attached hydrogens (tertiary/aromatic N) is 1. The zero-order valence-electron chi connectivity index (χ0n) is 26.4. The van der Waals surface area contributed by atoms with Crippen LogP contribution in [0.4, 0.5) is 40.8 Å². The molecule has 2 heterocycles. The molecule has 4 rings (SSSR count). The Morgan fingerprint density at radius 1 is 1.10 bits per heavy atom. The molecule has 1 aliphatic rings. The minimum Gasteiger partial charge on any atom is -0.500 e. The summed E-state index contributed by atoms with van der Waals surface area (Å²) >= 11 is 0. The molecule has 1 aliphatic heterocycles. The summed E-state index contributed by atoms with van der Waals surface area (Å²) in [6.45, 7) is 6.52. The molecule has 2 aromatic carbocycles. The van der Waals surface area contributed by atoms with Crippen LogP contribution in [0.5, 0.6) is 5.75 Å². The van der Waals surface area contributed by atoms with E-state index in [4.69, 9.17) is 9.47 Å². The molecule has 260 valence electrons. The van der Waals surface area contributed by atoms with Crippen molar-refractivity contribution in [3.63, 3.8) is 0 Å². The van der Waals surface area contributed by atoms with E-state index < -0.39 is 76.3 Å². The van der Waals surface area contributed by atoms with Crippen molar-refractivity contribution >= 4 is 11.6 Å². The number of amides is 1. The average molecular weight is 688 g/mol. The van der Waals surface area contributed by atoms with Gasteiger partial charge in [-0.2, -0.15) is 26.3 Å². The molecule has 0 saturated carbocycles. The first-order chi connectivity index (χ1) is 22.4. The molecule has 0 aliphatic carbocycles. The molecule has 2 N–H and O–H groups in total. The minimum atomic E-state index is -4.85. The number of alkyl halides is 6. The predicted molar refractivity (Wildman–Crippen MR) is 162 cm³/mol. The summed E-state index contributed by atoms with van der Waals surface area (Å²) in [4.78, 5) is 26.4. The van der Waals surface area contributed by atoms with Gasteiger partial charge in [-0.15, -0.1) is 0 Å². The molecule has 48 heavy (non-hydrogen) atoms. The molecule has 2 atom stereocenters. The van der Waals surface area contributed by atoms with Crippen LogP contribution in [0.3, 0.4) is 0 Å². The van der Waals surface area contributed by atoms with Crippen LogP contribution >= 0.6 is 0 Å². The van der Waals surface area contributed by atoms with Crippen LogP contribution in [-0.2, 0) is 30.8 Å². The SMILES string of the molecule is C=C(OC)[C@H](Cc1ccc(-c2c(C(F)(F)F)cc(C)n(C)c2=O)c2c1CCCO2)NC(=O)c1c(F)cc(N[C@H](CC)C(F)(F)F)cc1F. The number of methoxy groups -OCH3 is 1. The van der Waals surface area contributed by atoms with Gasteiger partial charge in [0.1, 0.15) is 34.7 Å². The minimum absolute atomic E-state index is 0.0419. The first-order valence-electron chi connectivity index (χ1n) is 14.8. The lowest BCUT2D eigenvalue weighted by Crippen LogP contribution is -2.39. The third-order valence-electron chi connectivity index (χ3n) is 8.21. The zero-order chi connectivity index (χ0) is 35.7. The number of benzene rings is 2. The average Bonchev–Trinajstić information content (AvgIpc) is 3.00. The van der Waals surface area contributed by atoms with Crippen LogP contribution < -0.4 is 20.9 Å². The van der Waals surface area contributed by atoms with Gasteiger partial charge in [-0.1, -0.05) is 25.6 Å². The number of anilines is 1. The van der Waals surface area contributed by atoms with Gasteiger partial charge in [0.25, 0.3) is 11.5 Å². The number of hydrogen-bond acceptors (Lipinski definition) is 5. The number of hydrogen-bond donors (Lipinski definition) is 2. The lowest BCUT2D eigenvalue weighted by molar-refractivity contribution is -0.143. The third-order valence-corrected chi connectivity index (χ3v) is 8.21. The van der Waals surface area contributed by atoms with E-state index in [2.05, 4.69) is 11.9 Å². The Labute approximate surface area is 270 Å². The molecule has 0 radical (unpaired) electrons. The number of aryl methyl sites for hydroxylation is 1. The number of fused-ring (bicyclic) bond motifs is 1. The van der Waals surface area contributed by atoms with Gasteiger partial charge >= 0.3 is 12.4 Å². The predicted octanol–water partition coefficient (Wildman–Crippen LogP) is 7.24. The van der Waals surface area contributed by atoms with Gasteiger partial charge < -0.3 is 24.7 Å². The molecule has 3 aromatic rings. The summed E-state index contributed by atoms with van der Waals surface area (Å²) < 4.78 is 124. The second-order valence-electron chi connectivity index (χ2n) is 11.3. The Bertz CT molecular complexity index is 1760. The van der Waals surface area contributed by atoms with E-state index in [1.165, 1.54) is 40.1 Å². The fraction of sp³-hybridized carbons (Fsp3) is 0.394. The molecule has 15 heteroatoms. The molecular formula is C33H33F8N3O4. The van der Waals surface area contributed by atoms with Gasteiger partial charge in [0, 0.05) is 30.4 Å². The first kappa shape index (κ1) is 36.3. The fourth-order valence-corrected chi connectivity index (χ4v) is 5.55. The van der Waals surface area contributed by atoms with Crippen molar-refractivity contribution < 1.29 is 49.4 Å². The van der Waals surface area contributed by atoms with Crippen molar-refractivity contribution in [3.8, 4) is 16.9 Å². The summed E-state index contributed by atoms with van der Waals surface area (Å²) in [5.41, 5.74) is -3.22. The highest BCUT2D eigenvalue weighted by molar-refractivity contribution is 5.95. The normalized spacial score (nSPS) is 14.4. The highest BCUT2D eigenvalue weighted by Crippen LogP contribution is 2.43. The Kier molecular flexibility index (Phi) is 10.5. The van der Waals surface area contributed by atoms with E-state index in [1.807, 2.05) is 5.32 Å². The highest BCUT2D eigenvalue weighted by atomic mass is 19.4. The molecule has 0 fully saturated rings. The van der Waals surface area contributed by atoms with Gasteiger partial charge in [-0.3, -0.25) is 9.59 Å². The van der Waals surface area contributed by atoms with E-state index in [0.717, 1.165) is 10.6 Å². The molecule has 1 amide bonds. The molecule has 0 saturated heterocycles. The van der Waals surface area contributed by atoms with Crippen molar-refractivity contribution in [1.82, 2.24) is 9.88 Å². The largest absolute Gasteiger partial charge is 0.500 e. The van der Waals surface area contributed by atoms with E-state index in [1.54, 1.807) is 0 Å². The van der Waals surface area contributed by atoms with E-state index in [-0.39, 0.29) is 35.8 Å². The maximum Gasteiger partial charge on any atom is 0.417 e. The standard InChI is InChI=1S/C33H33F8N3O4/c1-6-26(33(39,40)41)42-19-14-23(34)28(24(35)15-19)30(45)43-25(17(3)47-5)13-18-9-10-21(29-20(18)8-7-11-48-29)27-22(32(36,37)38)12-16(2)44(4)31(27)46/h9-10,12,14-15,25-26,42H,3,6-8,11,13H2,1-2,4-5H3,(H,43,45)/t25-,26+/m0/s1. The third kappa shape index (κ3) is 7.44. The van der Waals surface area contributed by atoms with Crippen LogP contribution in [0.25, 0.3) is 11.1 Å². The van der Waals surface area contributed by atoms with Gasteiger partial charge in [-0.05, 0) is 55.5 Å². The molecule has 7 nitrogen and oxygen atoms in total. The first-order valence-corrected chi connectivity index (χ1v) is 14.8. The van der Waals surface area contributed by atoms with Crippen LogP contribution in [0.15, 0.2) is 47.5 Å². The zero-order valence-corrected chi connectivity index (χ0v) is 26.4. The lowest BCUT2D eigenvalue weighted by atomic mass is 9.89. The molecular weight excluding hydrogens is 654 g/mol. The van der Waals surface area contributed by atoms with Crippen molar-refractivity contribution in [2.75, 3.05) is 19.0 Å². The maximum atomic E-state index is 15.0. The summed E-state index contributed by atoms with van der Waals surface area (Å²) in [6.07, 6.45) is -9.27. The summed E-state index contributed by atoms with van der Waals surface area (Å²) in [5, 5.41) is 4.45. The van der Waals surface area contributed by atoms with Crippen molar-refractivity contribution in [2.24, 2.45) is 7.05 Å². The second-order valence-corrected chi connectivity index (χ2v) is 11.3. The number of nitrogens with one attached hydrogen (secondary N) is 2. The lowest BCUT2D eigenvalue weighted by Gasteiger charge is -2.27. The smallest absolute Gasteiger partial charge is 0.417 e. The van der Waals surface area contributed by atoms with Crippen molar-refractivity contribution in [1.29, 1.82) is 0 Å². The van der Waals surface area contributed by atoms with Crippen LogP contribution in [-0.4, -0.2) is 42.5 Å². The topological polar surface area (TPSA) is 81.6 Å². The fourth-order valence-electron chi connectivity index (χ4n) is 5.55. The Balaban J connectivity index is 1.71. The molecule has 0 unspecified atom stereocenters. The number of carbonyl (C=O) groups is 1. The van der Waals surface area contributed by atoms with Crippen molar-refractivity contribution in [2.45, 2.75) is 64.0 Å². The molecule has 1 aromatic heterocycles. The van der Waals surface area contributed by atoms with E-state index in [0.29, 0.717) is 36.1 Å². The highest BCUT2D eigenvalue weighted by Gasteiger charge is 2.39. The van der Waals surface area contributed by atoms with Crippen molar-refractivity contribution in [3.05, 3.63) is 92.6 Å². The van der Waals surface area contributed by atoms with Gasteiger partial charge in [0.2, 0.25) is 0 Å². The summed E-state index contributed by atoms with van der Waals surface area (Å²) in [6, 6.07) is 1.59. The number of ether oxygens (including phenoxy) is 2. The number of carbonyl (C=O) groups excluding carboxylic acids is 1.